The summed E-state index contributed by atoms with van der Waals surface area (Å²) in [6.07, 6.45) is 0.551. The molecule has 1 fully saturated rings. The summed E-state index contributed by atoms with van der Waals surface area (Å²) in [5.41, 5.74) is 1.40. The third kappa shape index (κ3) is 6.04. The molecule has 0 radical (unpaired) electrons. The predicted octanol–water partition coefficient (Wildman–Crippen LogP) is 1.43. The molecule has 33 heavy (non-hydrogen) atoms. The van der Waals surface area contributed by atoms with E-state index in [1.807, 2.05) is 12.1 Å². The topological polar surface area (TPSA) is 128 Å². The van der Waals surface area contributed by atoms with Gasteiger partial charge in [-0.15, -0.1) is 0 Å². The second kappa shape index (κ2) is 10.1. The van der Waals surface area contributed by atoms with Gasteiger partial charge in [-0.1, -0.05) is 6.07 Å². The summed E-state index contributed by atoms with van der Waals surface area (Å²) in [6.45, 7) is 1.75. The molecule has 3 rings (SSSR count). The van der Waals surface area contributed by atoms with Crippen molar-refractivity contribution in [2.75, 3.05) is 37.6 Å². The van der Waals surface area contributed by atoms with Gasteiger partial charge in [-0.3, -0.25) is 4.79 Å². The van der Waals surface area contributed by atoms with Crippen molar-refractivity contribution < 1.29 is 31.1 Å². The number of nitrogens with one attached hydrogen (secondary N) is 2. The Hall–Kier alpha value is -2.63. The largest absolute Gasteiger partial charge is 0.493 e. The first-order valence-corrected chi connectivity index (χ1v) is 13.7. The van der Waals surface area contributed by atoms with E-state index in [1.54, 1.807) is 20.3 Å². The van der Waals surface area contributed by atoms with Gasteiger partial charge in [0.05, 0.1) is 35.9 Å². The molecule has 0 bridgehead atoms. The van der Waals surface area contributed by atoms with Gasteiger partial charge in [-0.2, -0.15) is 0 Å². The Labute approximate surface area is 194 Å². The quantitative estimate of drug-likeness (QED) is 0.534. The van der Waals surface area contributed by atoms with Crippen LogP contribution in [0.1, 0.15) is 12.5 Å². The number of amides is 1. The van der Waals surface area contributed by atoms with Crippen molar-refractivity contribution in [3.05, 3.63) is 48.0 Å². The highest BCUT2D eigenvalue weighted by Gasteiger charge is 2.45. The van der Waals surface area contributed by atoms with Crippen LogP contribution in [0.25, 0.3) is 0 Å². The van der Waals surface area contributed by atoms with Crippen LogP contribution in [-0.2, 0) is 30.9 Å². The zero-order valence-corrected chi connectivity index (χ0v) is 20.3. The van der Waals surface area contributed by atoms with E-state index < -0.39 is 36.7 Å². The smallest absolute Gasteiger partial charge is 0.221 e. The number of hydrogen-bond acceptors (Lipinski definition) is 8. The van der Waals surface area contributed by atoms with E-state index in [2.05, 4.69) is 10.6 Å². The molecule has 1 aliphatic rings. The minimum absolute atomic E-state index is 0.0189. The molecule has 2 atom stereocenters. The third-order valence-corrected chi connectivity index (χ3v) is 9.64. The second-order valence-corrected chi connectivity index (χ2v) is 12.2. The molecule has 1 saturated heterocycles. The summed E-state index contributed by atoms with van der Waals surface area (Å²) in [6, 6.07) is 10.5. The zero-order valence-electron chi connectivity index (χ0n) is 18.7. The molecule has 2 N–H and O–H groups in total. The van der Waals surface area contributed by atoms with Gasteiger partial charge < -0.3 is 20.1 Å². The summed E-state index contributed by atoms with van der Waals surface area (Å²) >= 11 is 0. The van der Waals surface area contributed by atoms with Crippen LogP contribution in [0.2, 0.25) is 0 Å². The molecule has 2 aromatic rings. The number of anilines is 1. The Morgan fingerprint density at radius 1 is 1.03 bits per heavy atom. The summed E-state index contributed by atoms with van der Waals surface area (Å²) in [7, 11) is -4.33. The number of hydrogen-bond donors (Lipinski definition) is 2. The molecule has 1 heterocycles. The summed E-state index contributed by atoms with van der Waals surface area (Å²) in [5, 5.41) is 4.61. The summed E-state index contributed by atoms with van der Waals surface area (Å²) in [5.74, 6) is 0.239. The van der Waals surface area contributed by atoms with Crippen LogP contribution in [-0.4, -0.2) is 66.3 Å². The van der Waals surface area contributed by atoms with Crippen molar-refractivity contribution in [3.63, 3.8) is 0 Å². The maximum atomic E-state index is 13.2. The molecule has 11 heteroatoms. The van der Waals surface area contributed by atoms with Gasteiger partial charge in [0.2, 0.25) is 5.91 Å². The van der Waals surface area contributed by atoms with Gasteiger partial charge in [0.15, 0.2) is 31.2 Å². The van der Waals surface area contributed by atoms with Gasteiger partial charge in [0.25, 0.3) is 0 Å². The van der Waals surface area contributed by atoms with E-state index in [0.29, 0.717) is 30.2 Å². The Morgan fingerprint density at radius 2 is 1.70 bits per heavy atom. The number of carbonyl (C=O) groups excluding carboxylic acids is 1. The molecule has 0 aliphatic carbocycles. The van der Waals surface area contributed by atoms with Crippen LogP contribution >= 0.6 is 0 Å². The Morgan fingerprint density at radius 3 is 2.30 bits per heavy atom. The number of methoxy groups -OCH3 is 2. The van der Waals surface area contributed by atoms with Crippen LogP contribution in [0.15, 0.2) is 47.4 Å². The van der Waals surface area contributed by atoms with Gasteiger partial charge in [0.1, 0.15) is 0 Å². The third-order valence-electron chi connectivity index (χ3n) is 5.47. The maximum absolute atomic E-state index is 13.2. The van der Waals surface area contributed by atoms with E-state index in [-0.39, 0.29) is 16.6 Å². The first-order chi connectivity index (χ1) is 15.6. The molecule has 180 valence electrons. The zero-order chi connectivity index (χ0) is 24.2. The SMILES string of the molecule is COc1ccc(CCN[C@H]2CS(=O)(=O)C[C@@H]2S(=O)(=O)c2ccc(NC(C)=O)cc2)cc1OC. The van der Waals surface area contributed by atoms with Crippen molar-refractivity contribution in [1.29, 1.82) is 0 Å². The first kappa shape index (κ1) is 25.0. The van der Waals surface area contributed by atoms with E-state index in [9.17, 15) is 21.6 Å². The van der Waals surface area contributed by atoms with E-state index in [4.69, 9.17) is 9.47 Å². The van der Waals surface area contributed by atoms with Crippen molar-refractivity contribution in [2.45, 2.75) is 29.5 Å². The highest BCUT2D eigenvalue weighted by molar-refractivity contribution is 7.96. The van der Waals surface area contributed by atoms with E-state index in [0.717, 1.165) is 5.56 Å². The average molecular weight is 497 g/mol. The van der Waals surface area contributed by atoms with Crippen molar-refractivity contribution in [2.24, 2.45) is 0 Å². The molecule has 0 spiro atoms. The van der Waals surface area contributed by atoms with Gasteiger partial charge in [-0.25, -0.2) is 16.8 Å². The molecular formula is C22H28N2O7S2. The van der Waals surface area contributed by atoms with E-state index >= 15 is 0 Å². The molecule has 9 nitrogen and oxygen atoms in total. The van der Waals surface area contributed by atoms with Gasteiger partial charge in [-0.05, 0) is 54.9 Å². The Kier molecular flexibility index (Phi) is 7.65. The maximum Gasteiger partial charge on any atom is 0.221 e. The highest BCUT2D eigenvalue weighted by Crippen LogP contribution is 2.29. The Balaban J connectivity index is 1.73. The monoisotopic (exact) mass is 496 g/mol. The summed E-state index contributed by atoms with van der Waals surface area (Å²) in [4.78, 5) is 11.2. The lowest BCUT2D eigenvalue weighted by Crippen LogP contribution is -2.44. The van der Waals surface area contributed by atoms with Crippen LogP contribution < -0.4 is 20.1 Å². The number of ether oxygens (including phenoxy) is 2. The van der Waals surface area contributed by atoms with Crippen molar-refractivity contribution in [1.82, 2.24) is 5.32 Å². The Bertz CT molecular complexity index is 1210. The van der Waals surface area contributed by atoms with Crippen LogP contribution in [0.5, 0.6) is 11.5 Å². The van der Waals surface area contributed by atoms with Gasteiger partial charge in [0, 0.05) is 18.7 Å². The van der Waals surface area contributed by atoms with Crippen LogP contribution in [0.4, 0.5) is 5.69 Å². The fraction of sp³-hybridized carbons (Fsp3) is 0.409. The predicted molar refractivity (Wildman–Crippen MR) is 125 cm³/mol. The van der Waals surface area contributed by atoms with E-state index in [1.165, 1.54) is 31.2 Å². The van der Waals surface area contributed by atoms with Crippen molar-refractivity contribution in [3.8, 4) is 11.5 Å². The number of benzene rings is 2. The molecule has 0 aromatic heterocycles. The fourth-order valence-corrected chi connectivity index (χ4v) is 8.57. The highest BCUT2D eigenvalue weighted by atomic mass is 32.2. The molecule has 0 saturated carbocycles. The molecule has 1 aliphatic heterocycles. The standard InChI is InChI=1S/C22H28N2O7S2/c1-15(25)24-17-5-7-18(8-6-17)33(28,29)22-14-32(26,27)13-19(22)23-11-10-16-4-9-20(30-2)21(12-16)31-3/h4-9,12,19,22-23H,10-11,13-14H2,1-3H3,(H,24,25)/t19-,22-/m0/s1. The minimum atomic E-state index is -3.91. The second-order valence-electron chi connectivity index (χ2n) is 7.87. The fourth-order valence-electron chi connectivity index (χ4n) is 3.86. The van der Waals surface area contributed by atoms with Gasteiger partial charge >= 0.3 is 0 Å². The molecule has 1 amide bonds. The van der Waals surface area contributed by atoms with Crippen LogP contribution in [0, 0.1) is 0 Å². The normalized spacial score (nSPS) is 19.7. The first-order valence-electron chi connectivity index (χ1n) is 10.3. The van der Waals surface area contributed by atoms with Crippen LogP contribution in [0.3, 0.4) is 0 Å². The number of rotatable bonds is 9. The molecular weight excluding hydrogens is 468 g/mol. The lowest BCUT2D eigenvalue weighted by Gasteiger charge is -2.20. The lowest BCUT2D eigenvalue weighted by atomic mass is 10.1. The minimum Gasteiger partial charge on any atom is -0.493 e. The van der Waals surface area contributed by atoms with Crippen molar-refractivity contribution >= 4 is 31.3 Å². The average Bonchev–Trinajstić information content (AvgIpc) is 3.08. The number of carbonyl (C=O) groups is 1. The number of sulfone groups is 2. The summed E-state index contributed by atoms with van der Waals surface area (Å²) < 4.78 is 61.6. The molecule has 2 aromatic carbocycles. The lowest BCUT2D eigenvalue weighted by molar-refractivity contribution is -0.114. The molecule has 0 unspecified atom stereocenters.